The molecule has 0 aliphatic carbocycles. The number of nitrogens with zero attached hydrogens (tertiary/aromatic N) is 5. The molecule has 5 nitrogen and oxygen atoms in total. The molecular weight excluding hydrogens is 635 g/mol. The highest BCUT2D eigenvalue weighted by molar-refractivity contribution is 6.11. The van der Waals surface area contributed by atoms with Gasteiger partial charge in [0.2, 0.25) is 0 Å². The van der Waals surface area contributed by atoms with Gasteiger partial charge in [-0.3, -0.25) is 0 Å². The third kappa shape index (κ3) is 5.55. The molecule has 0 saturated carbocycles. The number of hydrogen-bond donors (Lipinski definition) is 0. The van der Waals surface area contributed by atoms with Crippen molar-refractivity contribution in [1.82, 2.24) is 14.5 Å². The zero-order valence-electron chi connectivity index (χ0n) is 28.1. The summed E-state index contributed by atoms with van der Waals surface area (Å²) in [6.45, 7) is 0. The van der Waals surface area contributed by atoms with E-state index in [2.05, 4.69) is 125 Å². The van der Waals surface area contributed by atoms with Gasteiger partial charge >= 0.3 is 0 Å². The van der Waals surface area contributed by atoms with E-state index in [1.807, 2.05) is 78.9 Å². The van der Waals surface area contributed by atoms with Crippen molar-refractivity contribution in [2.75, 3.05) is 4.90 Å². The van der Waals surface area contributed by atoms with Crippen molar-refractivity contribution in [1.29, 1.82) is 5.26 Å². The van der Waals surface area contributed by atoms with Crippen LogP contribution in [0.25, 0.3) is 61.4 Å². The average Bonchev–Trinajstić information content (AvgIpc) is 3.55. The van der Waals surface area contributed by atoms with Gasteiger partial charge in [0.05, 0.1) is 33.7 Å². The molecule has 0 saturated heterocycles. The monoisotopic (exact) mass is 665 g/mol. The molecule has 0 N–H and O–H groups in total. The van der Waals surface area contributed by atoms with E-state index in [1.165, 1.54) is 0 Å². The minimum Gasteiger partial charge on any atom is -0.310 e. The van der Waals surface area contributed by atoms with Gasteiger partial charge in [0.1, 0.15) is 6.07 Å². The van der Waals surface area contributed by atoms with E-state index in [0.717, 1.165) is 72.6 Å². The van der Waals surface area contributed by atoms with Crippen LogP contribution in [0, 0.1) is 11.3 Å². The van der Waals surface area contributed by atoms with Crippen LogP contribution in [0.15, 0.2) is 188 Å². The lowest BCUT2D eigenvalue weighted by molar-refractivity contribution is 1.16. The van der Waals surface area contributed by atoms with Gasteiger partial charge in [0, 0.05) is 44.5 Å². The molecule has 0 atom stereocenters. The summed E-state index contributed by atoms with van der Waals surface area (Å²) in [5.41, 5.74) is 11.0. The second-order valence-corrected chi connectivity index (χ2v) is 12.6. The maximum absolute atomic E-state index is 10.7. The molecule has 0 amide bonds. The summed E-state index contributed by atoms with van der Waals surface area (Å²) >= 11 is 0. The summed E-state index contributed by atoms with van der Waals surface area (Å²) in [6.07, 6.45) is 0. The smallest absolute Gasteiger partial charge is 0.160 e. The van der Waals surface area contributed by atoms with Crippen LogP contribution < -0.4 is 4.90 Å². The average molecular weight is 666 g/mol. The Labute approximate surface area is 302 Å². The second-order valence-electron chi connectivity index (χ2n) is 12.6. The minimum absolute atomic E-state index is 0.556. The van der Waals surface area contributed by atoms with Crippen molar-refractivity contribution >= 4 is 38.9 Å². The molecule has 7 aromatic carbocycles. The predicted molar refractivity (Wildman–Crippen MR) is 212 cm³/mol. The van der Waals surface area contributed by atoms with Crippen LogP contribution in [0.1, 0.15) is 5.56 Å². The Morgan fingerprint density at radius 1 is 0.442 bits per heavy atom. The van der Waals surface area contributed by atoms with Gasteiger partial charge in [0.25, 0.3) is 0 Å². The molecule has 5 heteroatoms. The molecule has 0 spiro atoms. The van der Waals surface area contributed by atoms with Crippen LogP contribution in [-0.2, 0) is 0 Å². The lowest BCUT2D eigenvalue weighted by atomic mass is 10.0. The van der Waals surface area contributed by atoms with Crippen molar-refractivity contribution in [2.45, 2.75) is 0 Å². The fraction of sp³-hybridized carbons (Fsp3) is 0. The van der Waals surface area contributed by atoms with E-state index >= 15 is 0 Å². The molecule has 0 fully saturated rings. The largest absolute Gasteiger partial charge is 0.310 e. The second kappa shape index (κ2) is 13.2. The molecule has 0 aliphatic heterocycles. The quantitative estimate of drug-likeness (QED) is 0.170. The zero-order chi connectivity index (χ0) is 34.9. The van der Waals surface area contributed by atoms with E-state index in [9.17, 15) is 5.26 Å². The van der Waals surface area contributed by atoms with Crippen molar-refractivity contribution in [3.8, 4) is 45.7 Å². The fourth-order valence-corrected chi connectivity index (χ4v) is 7.01. The Hall–Kier alpha value is -7.29. The predicted octanol–water partition coefficient (Wildman–Crippen LogP) is 11.9. The first-order chi connectivity index (χ1) is 25.7. The summed E-state index contributed by atoms with van der Waals surface area (Å²) in [5.74, 6) is 0.637. The molecule has 2 aromatic heterocycles. The number of hydrogen-bond acceptors (Lipinski definition) is 4. The first-order valence-corrected chi connectivity index (χ1v) is 17.2. The normalized spacial score (nSPS) is 11.1. The summed E-state index contributed by atoms with van der Waals surface area (Å²) in [7, 11) is 0. The maximum Gasteiger partial charge on any atom is 0.160 e. The Balaban J connectivity index is 1.20. The topological polar surface area (TPSA) is 57.7 Å². The molecule has 9 aromatic rings. The molecule has 244 valence electrons. The molecule has 52 heavy (non-hydrogen) atoms. The number of aromatic nitrogens is 3. The van der Waals surface area contributed by atoms with E-state index < -0.39 is 0 Å². The number of anilines is 3. The van der Waals surface area contributed by atoms with E-state index in [-0.39, 0.29) is 0 Å². The van der Waals surface area contributed by atoms with Gasteiger partial charge in [-0.2, -0.15) is 5.26 Å². The number of rotatable bonds is 7. The molecule has 9 rings (SSSR count). The maximum atomic E-state index is 10.7. The van der Waals surface area contributed by atoms with Crippen LogP contribution in [0.2, 0.25) is 0 Å². The van der Waals surface area contributed by atoms with Gasteiger partial charge < -0.3 is 9.47 Å². The van der Waals surface area contributed by atoms with Crippen molar-refractivity contribution in [2.24, 2.45) is 0 Å². The van der Waals surface area contributed by atoms with Gasteiger partial charge in [-0.25, -0.2) is 9.97 Å². The highest BCUT2D eigenvalue weighted by Crippen LogP contribution is 2.40. The van der Waals surface area contributed by atoms with Gasteiger partial charge in [-0.1, -0.05) is 121 Å². The van der Waals surface area contributed by atoms with E-state index in [4.69, 9.17) is 9.97 Å². The standard InChI is InChI=1S/C47H31N5/c48-32-36-29-35(43-31-42(33-15-5-1-6-16-33)49-47(50-43)34-17-7-2-8-18-34)25-27-44(36)52-45-24-14-13-23-40(45)41-30-39(26-28-46(41)52)51(37-19-9-3-10-20-37)38-21-11-4-12-22-38/h1-31H. The first-order valence-electron chi connectivity index (χ1n) is 17.2. The summed E-state index contributed by atoms with van der Waals surface area (Å²) in [4.78, 5) is 12.2. The van der Waals surface area contributed by atoms with Gasteiger partial charge in [-0.15, -0.1) is 0 Å². The van der Waals surface area contributed by atoms with Crippen LogP contribution in [0.3, 0.4) is 0 Å². The van der Waals surface area contributed by atoms with Crippen LogP contribution >= 0.6 is 0 Å². The summed E-state index contributed by atoms with van der Waals surface area (Å²) in [5, 5.41) is 12.9. The number of para-hydroxylation sites is 3. The molecule has 0 radical (unpaired) electrons. The first kappa shape index (κ1) is 30.7. The fourth-order valence-electron chi connectivity index (χ4n) is 7.01. The van der Waals surface area contributed by atoms with Crippen molar-refractivity contribution < 1.29 is 0 Å². The molecule has 2 heterocycles. The molecule has 0 aliphatic rings. The van der Waals surface area contributed by atoms with Gasteiger partial charge in [-0.05, 0) is 66.7 Å². The van der Waals surface area contributed by atoms with Gasteiger partial charge in [0.15, 0.2) is 5.82 Å². The highest BCUT2D eigenvalue weighted by atomic mass is 15.1. The van der Waals surface area contributed by atoms with Crippen LogP contribution in [0.5, 0.6) is 0 Å². The summed E-state index contributed by atoms with van der Waals surface area (Å²) in [6, 6.07) is 66.5. The lowest BCUT2D eigenvalue weighted by Crippen LogP contribution is -2.09. The Morgan fingerprint density at radius 3 is 1.65 bits per heavy atom. The Bertz CT molecular complexity index is 2640. The third-order valence-electron chi connectivity index (χ3n) is 9.42. The zero-order valence-corrected chi connectivity index (χ0v) is 28.1. The number of benzene rings is 7. The minimum atomic E-state index is 0.556. The molecule has 0 bridgehead atoms. The van der Waals surface area contributed by atoms with Crippen molar-refractivity contribution in [3.05, 3.63) is 194 Å². The Kier molecular flexibility index (Phi) is 7.81. The number of nitriles is 1. The van der Waals surface area contributed by atoms with Crippen molar-refractivity contribution in [3.63, 3.8) is 0 Å². The molecule has 0 unspecified atom stereocenters. The number of fused-ring (bicyclic) bond motifs is 3. The highest BCUT2D eigenvalue weighted by Gasteiger charge is 2.19. The van der Waals surface area contributed by atoms with Crippen LogP contribution in [0.4, 0.5) is 17.1 Å². The Morgan fingerprint density at radius 2 is 1.00 bits per heavy atom. The SMILES string of the molecule is N#Cc1cc(-c2cc(-c3ccccc3)nc(-c3ccccc3)n2)ccc1-n1c2ccccc2c2cc(N(c3ccccc3)c3ccccc3)ccc21. The lowest BCUT2D eigenvalue weighted by Gasteiger charge is -2.25. The molecular formula is C47H31N5. The summed E-state index contributed by atoms with van der Waals surface area (Å²) < 4.78 is 2.21. The van der Waals surface area contributed by atoms with Crippen LogP contribution in [-0.4, -0.2) is 14.5 Å². The van der Waals surface area contributed by atoms with E-state index in [0.29, 0.717) is 11.4 Å². The van der Waals surface area contributed by atoms with E-state index in [1.54, 1.807) is 0 Å². The third-order valence-corrected chi connectivity index (χ3v) is 9.42.